The maximum atomic E-state index is 15.0. The minimum atomic E-state index is -4.53. The first-order valence-corrected chi connectivity index (χ1v) is 18.7. The van der Waals surface area contributed by atoms with Crippen LogP contribution in [0.1, 0.15) is 56.9 Å². The molecule has 2 aliphatic rings. The van der Waals surface area contributed by atoms with E-state index in [1.165, 1.54) is 24.9 Å². The fourth-order valence-corrected chi connectivity index (χ4v) is 8.26. The summed E-state index contributed by atoms with van der Waals surface area (Å²) in [4.78, 5) is 26.4. The number of aliphatic hydroxyl groups is 2. The molecule has 0 bridgehead atoms. The Kier molecular flexibility index (Phi) is 10.2. The number of nitrogen functional groups attached to an aromatic ring is 1. The van der Waals surface area contributed by atoms with Crippen molar-refractivity contribution in [3.05, 3.63) is 84.7 Å². The molecular weight excluding hydrogens is 691 g/mol. The van der Waals surface area contributed by atoms with Gasteiger partial charge in [0, 0.05) is 5.39 Å². The number of nitrogens with two attached hydrogens (primary N) is 1. The van der Waals surface area contributed by atoms with Gasteiger partial charge in [0.25, 0.3) is 0 Å². The number of aliphatic hydroxyl groups excluding tert-OH is 1. The molecule has 2 unspecified atom stereocenters. The van der Waals surface area contributed by atoms with Crippen LogP contribution in [0.15, 0.2) is 79.1 Å². The largest absolute Gasteiger partial charge is 0.479 e. The highest BCUT2D eigenvalue weighted by atomic mass is 31.2. The predicted molar refractivity (Wildman–Crippen MR) is 190 cm³/mol. The summed E-state index contributed by atoms with van der Waals surface area (Å²) in [7, 11) is -3.12. The second-order valence-corrected chi connectivity index (χ2v) is 14.8. The van der Waals surface area contributed by atoms with Crippen molar-refractivity contribution in [2.75, 3.05) is 19.5 Å². The summed E-state index contributed by atoms with van der Waals surface area (Å²) in [5, 5.41) is 27.3. The molecule has 5 N–H and O–H groups in total. The second kappa shape index (κ2) is 14.8. The molecule has 3 aromatic carbocycles. The molecule has 0 amide bonds. The number of hydrogen-bond donors (Lipinski definition) is 4. The van der Waals surface area contributed by atoms with E-state index in [2.05, 4.69) is 20.0 Å². The summed E-state index contributed by atoms with van der Waals surface area (Å²) >= 11 is 0. The van der Waals surface area contributed by atoms with Crippen LogP contribution >= 0.6 is 7.75 Å². The molecule has 52 heavy (non-hydrogen) atoms. The number of benzene rings is 3. The summed E-state index contributed by atoms with van der Waals surface area (Å²) in [6.07, 6.45) is 1.50. The van der Waals surface area contributed by atoms with Crippen molar-refractivity contribution in [2.24, 2.45) is 0 Å². The molecule has 1 aliphatic carbocycles. The third-order valence-corrected chi connectivity index (χ3v) is 11.0. The van der Waals surface area contributed by atoms with Crippen molar-refractivity contribution in [1.82, 2.24) is 24.6 Å². The number of hydrogen-bond acceptors (Lipinski definition) is 13. The number of rotatable bonds is 12. The number of anilines is 1. The molecule has 1 saturated carbocycles. The van der Waals surface area contributed by atoms with Crippen molar-refractivity contribution < 1.29 is 42.8 Å². The van der Waals surface area contributed by atoms with Gasteiger partial charge >= 0.3 is 13.7 Å². The number of carbonyl (C=O) groups excluding carboxylic acids is 1. The smallest absolute Gasteiger partial charge is 0.459 e. The lowest BCUT2D eigenvalue weighted by Gasteiger charge is -2.29. The molecular formula is C36H41N6O9P. The average Bonchev–Trinajstić information content (AvgIpc) is 3.66. The number of ether oxygens (including phenoxy) is 3. The zero-order chi connectivity index (χ0) is 36.5. The van der Waals surface area contributed by atoms with E-state index >= 15 is 4.57 Å². The van der Waals surface area contributed by atoms with E-state index in [1.807, 2.05) is 30.3 Å². The summed E-state index contributed by atoms with van der Waals surface area (Å²) in [5.41, 5.74) is 4.91. The minimum absolute atomic E-state index is 0.100. The summed E-state index contributed by atoms with van der Waals surface area (Å²) in [5.74, 6) is -0.383. The van der Waals surface area contributed by atoms with Crippen LogP contribution < -0.4 is 20.1 Å². The van der Waals surface area contributed by atoms with Crippen LogP contribution in [0, 0.1) is 0 Å². The Hall–Kier alpha value is -4.63. The quantitative estimate of drug-likeness (QED) is 0.0987. The molecule has 3 heterocycles. The molecule has 5 aromatic rings. The van der Waals surface area contributed by atoms with Gasteiger partial charge in [0.2, 0.25) is 11.8 Å². The average molecular weight is 733 g/mol. The molecule has 15 nitrogen and oxygen atoms in total. The third kappa shape index (κ3) is 7.20. The molecule has 0 radical (unpaired) electrons. The Bertz CT molecular complexity index is 2090. The van der Waals surface area contributed by atoms with Crippen LogP contribution in [0.4, 0.5) is 5.95 Å². The molecule has 0 spiro atoms. The van der Waals surface area contributed by atoms with Crippen molar-refractivity contribution in [3.63, 3.8) is 0 Å². The number of imidazole rings is 1. The molecule has 1 aliphatic heterocycles. The number of methoxy groups -OCH3 is 1. The van der Waals surface area contributed by atoms with Gasteiger partial charge in [0.15, 0.2) is 17.4 Å². The van der Waals surface area contributed by atoms with Crippen LogP contribution in [-0.2, 0) is 23.4 Å². The van der Waals surface area contributed by atoms with Crippen LogP contribution in [-0.4, -0.2) is 73.3 Å². The Morgan fingerprint density at radius 2 is 1.81 bits per heavy atom. The maximum absolute atomic E-state index is 15.0. The van der Waals surface area contributed by atoms with Gasteiger partial charge in [-0.15, -0.1) is 0 Å². The van der Waals surface area contributed by atoms with Crippen LogP contribution in [0.25, 0.3) is 21.9 Å². The van der Waals surface area contributed by atoms with Gasteiger partial charge in [-0.1, -0.05) is 73.2 Å². The molecule has 1 saturated heterocycles. The summed E-state index contributed by atoms with van der Waals surface area (Å²) in [6, 6.07) is 20.2. The Morgan fingerprint density at radius 3 is 2.58 bits per heavy atom. The normalized spacial score (nSPS) is 24.0. The zero-order valence-electron chi connectivity index (χ0n) is 28.7. The number of nitrogens with one attached hydrogen (secondary N) is 1. The number of esters is 1. The van der Waals surface area contributed by atoms with E-state index in [0.717, 1.165) is 37.5 Å². The highest BCUT2D eigenvalue weighted by Crippen LogP contribution is 2.50. The molecule has 2 fully saturated rings. The first-order chi connectivity index (χ1) is 25.1. The highest BCUT2D eigenvalue weighted by Gasteiger charge is 2.54. The van der Waals surface area contributed by atoms with E-state index in [-0.39, 0.29) is 34.8 Å². The summed E-state index contributed by atoms with van der Waals surface area (Å²) < 4.78 is 46.1. The van der Waals surface area contributed by atoms with Crippen LogP contribution in [0.5, 0.6) is 11.6 Å². The Morgan fingerprint density at radius 1 is 1.08 bits per heavy atom. The fraction of sp³-hybridized carbons (Fsp3) is 0.389. The standard InChI is InChI=1S/C36H41N6O9P/c1-36(45)30(43)27(50-34(36)42-21-38-29-31(42)39-35(37)40-32(29)47-2)20-48-52(46,51-26-19-11-15-22-12-9-10-18-25(22)26)41-28(23-13-5-3-6-14-23)33(44)49-24-16-7-4-8-17-24/h3,5-6,9-15,18-19,21,24,27-28,30,34,43,45H,4,7-8,16-17,20H2,1-2H3,(H,41,46)(H2,37,39,40)/t27-,28-,30-,34?,36-,52?/m1/s1. The van der Waals surface area contributed by atoms with Crippen molar-refractivity contribution in [1.29, 1.82) is 0 Å². The maximum Gasteiger partial charge on any atom is 0.459 e. The topological polar surface area (TPSA) is 202 Å². The van der Waals surface area contributed by atoms with Crippen LogP contribution in [0.3, 0.4) is 0 Å². The van der Waals surface area contributed by atoms with Crippen molar-refractivity contribution in [3.8, 4) is 11.6 Å². The number of aromatic nitrogens is 4. The molecule has 2 aromatic heterocycles. The van der Waals surface area contributed by atoms with Gasteiger partial charge in [-0.2, -0.15) is 15.1 Å². The van der Waals surface area contributed by atoms with E-state index in [9.17, 15) is 15.0 Å². The number of carbonyl (C=O) groups is 1. The molecule has 274 valence electrons. The zero-order valence-corrected chi connectivity index (χ0v) is 29.6. The molecule has 16 heteroatoms. The SMILES string of the molecule is COc1nc(N)nc2c1ncn2C1O[C@H](COP(=O)(N[C@@H](C(=O)OC2CCCCC2)c2ccccc2)Oc2cccc3ccccc23)[C@@H](O)[C@@]1(C)O. The number of nitrogens with zero attached hydrogens (tertiary/aromatic N) is 4. The Balaban J connectivity index is 1.20. The van der Waals surface area contributed by atoms with Gasteiger partial charge in [0.1, 0.15) is 35.7 Å². The third-order valence-electron chi connectivity index (χ3n) is 9.48. The van der Waals surface area contributed by atoms with Gasteiger partial charge in [-0.25, -0.2) is 14.3 Å². The van der Waals surface area contributed by atoms with Gasteiger partial charge in [-0.05, 0) is 49.6 Å². The number of fused-ring (bicyclic) bond motifs is 2. The highest BCUT2D eigenvalue weighted by molar-refractivity contribution is 7.52. The first kappa shape index (κ1) is 35.8. The van der Waals surface area contributed by atoms with Gasteiger partial charge in [-0.3, -0.25) is 9.09 Å². The lowest BCUT2D eigenvalue weighted by Crippen LogP contribution is -2.44. The van der Waals surface area contributed by atoms with Crippen LogP contribution in [0.2, 0.25) is 0 Å². The van der Waals surface area contributed by atoms with Crippen molar-refractivity contribution in [2.45, 2.75) is 75.2 Å². The molecule has 7 rings (SSSR count). The fourth-order valence-electron chi connectivity index (χ4n) is 6.75. The summed E-state index contributed by atoms with van der Waals surface area (Å²) in [6.45, 7) is 0.849. The van der Waals surface area contributed by atoms with Crippen molar-refractivity contribution >= 4 is 41.6 Å². The second-order valence-electron chi connectivity index (χ2n) is 13.1. The Labute approximate surface area is 299 Å². The first-order valence-electron chi connectivity index (χ1n) is 17.1. The minimum Gasteiger partial charge on any atom is -0.479 e. The lowest BCUT2D eigenvalue weighted by molar-refractivity contribution is -0.153. The van der Waals surface area contributed by atoms with E-state index in [0.29, 0.717) is 10.9 Å². The van der Waals surface area contributed by atoms with E-state index < -0.39 is 50.4 Å². The molecule has 6 atom stereocenters. The van der Waals surface area contributed by atoms with E-state index in [1.54, 1.807) is 42.5 Å². The van der Waals surface area contributed by atoms with Gasteiger partial charge < -0.3 is 34.7 Å². The monoisotopic (exact) mass is 732 g/mol. The lowest BCUT2D eigenvalue weighted by atomic mass is 9.96. The predicted octanol–water partition coefficient (Wildman–Crippen LogP) is 4.99. The van der Waals surface area contributed by atoms with E-state index in [4.69, 9.17) is 29.0 Å². The van der Waals surface area contributed by atoms with Gasteiger partial charge in [0.05, 0.1) is 20.0 Å².